The van der Waals surface area contributed by atoms with Gasteiger partial charge >= 0.3 is 0 Å². The van der Waals surface area contributed by atoms with Crippen LogP contribution in [0.25, 0.3) is 0 Å². The van der Waals surface area contributed by atoms with Crippen molar-refractivity contribution >= 4 is 0 Å². The molecule has 0 saturated heterocycles. The highest BCUT2D eigenvalue weighted by Gasteiger charge is 2.33. The number of nitrogens with one attached hydrogen (secondary N) is 1. The van der Waals surface area contributed by atoms with E-state index in [1.807, 2.05) is 18.3 Å². The van der Waals surface area contributed by atoms with Crippen LogP contribution in [0.1, 0.15) is 43.1 Å². The van der Waals surface area contributed by atoms with Crippen LogP contribution in [0.5, 0.6) is 5.75 Å². The minimum absolute atomic E-state index is 0.149. The Hall–Kier alpha value is -1.87. The minimum atomic E-state index is -0.149. The third-order valence-corrected chi connectivity index (χ3v) is 3.88. The predicted molar refractivity (Wildman–Crippen MR) is 84.3 cm³/mol. The molecule has 0 aliphatic carbocycles. The summed E-state index contributed by atoms with van der Waals surface area (Å²) in [4.78, 5) is 4.38. The molecule has 3 rings (SSSR count). The zero-order valence-electron chi connectivity index (χ0n) is 12.9. The van der Waals surface area contributed by atoms with Gasteiger partial charge in [-0.05, 0) is 39.0 Å². The minimum Gasteiger partial charge on any atom is -0.487 e. The number of rotatable bonds is 3. The molecule has 0 bridgehead atoms. The first-order chi connectivity index (χ1) is 10.0. The highest BCUT2D eigenvalue weighted by Crippen LogP contribution is 2.39. The van der Waals surface area contributed by atoms with Crippen LogP contribution >= 0.6 is 0 Å². The largest absolute Gasteiger partial charge is 0.487 e. The maximum atomic E-state index is 6.10. The Morgan fingerprint density at radius 2 is 2.14 bits per heavy atom. The molecule has 1 aromatic heterocycles. The normalized spacial score (nSPS) is 19.7. The van der Waals surface area contributed by atoms with E-state index in [9.17, 15) is 0 Å². The van der Waals surface area contributed by atoms with Gasteiger partial charge in [-0.25, -0.2) is 0 Å². The fourth-order valence-corrected chi connectivity index (χ4v) is 2.89. The van der Waals surface area contributed by atoms with Gasteiger partial charge in [0.2, 0.25) is 0 Å². The second-order valence-electron chi connectivity index (χ2n) is 6.36. The van der Waals surface area contributed by atoms with Crippen LogP contribution in [0.15, 0.2) is 42.6 Å². The van der Waals surface area contributed by atoms with E-state index in [-0.39, 0.29) is 5.60 Å². The molecular formula is C18H22N2O. The highest BCUT2D eigenvalue weighted by molar-refractivity contribution is 5.41. The van der Waals surface area contributed by atoms with Gasteiger partial charge in [-0.2, -0.15) is 0 Å². The van der Waals surface area contributed by atoms with E-state index >= 15 is 0 Å². The standard InChI is InChI=1S/C18H22N2O/c1-13-7-8-17-15(10-13)16(11-18(2,3)21-17)20-12-14-6-4-5-9-19-14/h4-10,16,20H,11-12H2,1-3H3. The molecule has 1 aliphatic heterocycles. The summed E-state index contributed by atoms with van der Waals surface area (Å²) in [5.41, 5.74) is 3.44. The molecule has 0 saturated carbocycles. The number of ether oxygens (including phenoxy) is 1. The summed E-state index contributed by atoms with van der Waals surface area (Å²) in [7, 11) is 0. The topological polar surface area (TPSA) is 34.2 Å². The summed E-state index contributed by atoms with van der Waals surface area (Å²) in [6, 6.07) is 12.7. The van der Waals surface area contributed by atoms with Crippen molar-refractivity contribution in [2.45, 2.75) is 45.4 Å². The number of fused-ring (bicyclic) bond motifs is 1. The molecule has 0 spiro atoms. The highest BCUT2D eigenvalue weighted by atomic mass is 16.5. The van der Waals surface area contributed by atoms with Gasteiger partial charge in [0.25, 0.3) is 0 Å². The van der Waals surface area contributed by atoms with Gasteiger partial charge in [0.15, 0.2) is 0 Å². The number of nitrogens with zero attached hydrogens (tertiary/aromatic N) is 1. The van der Waals surface area contributed by atoms with Crippen LogP contribution in [0.3, 0.4) is 0 Å². The Balaban J connectivity index is 1.82. The van der Waals surface area contributed by atoms with E-state index in [0.717, 1.165) is 24.4 Å². The number of benzene rings is 1. The summed E-state index contributed by atoms with van der Waals surface area (Å²) < 4.78 is 6.10. The van der Waals surface area contributed by atoms with Crippen molar-refractivity contribution in [3.8, 4) is 5.75 Å². The molecule has 3 heteroatoms. The smallest absolute Gasteiger partial charge is 0.124 e. The second-order valence-corrected chi connectivity index (χ2v) is 6.36. The predicted octanol–water partition coefficient (Wildman–Crippen LogP) is 3.78. The molecule has 1 aliphatic rings. The fraction of sp³-hybridized carbons (Fsp3) is 0.389. The molecule has 1 unspecified atom stereocenters. The average molecular weight is 282 g/mol. The van der Waals surface area contributed by atoms with Crippen LogP contribution in [-0.2, 0) is 6.54 Å². The maximum absolute atomic E-state index is 6.10. The van der Waals surface area contributed by atoms with E-state index in [2.05, 4.69) is 55.3 Å². The quantitative estimate of drug-likeness (QED) is 0.930. The Labute approximate surface area is 126 Å². The second kappa shape index (κ2) is 5.49. The van der Waals surface area contributed by atoms with Gasteiger partial charge < -0.3 is 10.1 Å². The Morgan fingerprint density at radius 1 is 1.29 bits per heavy atom. The molecule has 1 atom stereocenters. The zero-order valence-corrected chi connectivity index (χ0v) is 12.9. The third kappa shape index (κ3) is 3.24. The summed E-state index contributed by atoms with van der Waals surface area (Å²) >= 11 is 0. The Bertz CT molecular complexity index is 622. The van der Waals surface area contributed by atoms with Gasteiger partial charge in [-0.1, -0.05) is 23.8 Å². The van der Waals surface area contributed by atoms with E-state index < -0.39 is 0 Å². The number of hydrogen-bond donors (Lipinski definition) is 1. The average Bonchev–Trinajstić information content (AvgIpc) is 2.46. The molecule has 1 N–H and O–H groups in total. The van der Waals surface area contributed by atoms with E-state index in [4.69, 9.17) is 4.74 Å². The van der Waals surface area contributed by atoms with Crippen LogP contribution in [0.2, 0.25) is 0 Å². The first kappa shape index (κ1) is 14.1. The third-order valence-electron chi connectivity index (χ3n) is 3.88. The summed E-state index contributed by atoms with van der Waals surface area (Å²) in [6.45, 7) is 7.18. The van der Waals surface area contributed by atoms with Crippen LogP contribution < -0.4 is 10.1 Å². The molecule has 0 radical (unpaired) electrons. The van der Waals surface area contributed by atoms with Gasteiger partial charge in [-0.15, -0.1) is 0 Å². The van der Waals surface area contributed by atoms with Crippen molar-refractivity contribution in [1.82, 2.24) is 10.3 Å². The molecule has 0 amide bonds. The van der Waals surface area contributed by atoms with Crippen LogP contribution in [0, 0.1) is 6.92 Å². The lowest BCUT2D eigenvalue weighted by atomic mass is 9.89. The first-order valence-electron chi connectivity index (χ1n) is 7.46. The van der Waals surface area contributed by atoms with E-state index in [1.54, 1.807) is 0 Å². The van der Waals surface area contributed by atoms with E-state index in [0.29, 0.717) is 6.04 Å². The Morgan fingerprint density at radius 3 is 2.90 bits per heavy atom. The SMILES string of the molecule is Cc1ccc2c(c1)C(NCc1ccccn1)CC(C)(C)O2. The van der Waals surface area contributed by atoms with Crippen molar-refractivity contribution in [3.63, 3.8) is 0 Å². The first-order valence-corrected chi connectivity index (χ1v) is 7.46. The molecule has 3 nitrogen and oxygen atoms in total. The van der Waals surface area contributed by atoms with Crippen molar-refractivity contribution < 1.29 is 4.74 Å². The van der Waals surface area contributed by atoms with Crippen LogP contribution in [-0.4, -0.2) is 10.6 Å². The lowest BCUT2D eigenvalue weighted by molar-refractivity contribution is 0.0656. The zero-order chi connectivity index (χ0) is 14.9. The molecule has 0 fully saturated rings. The van der Waals surface area contributed by atoms with Gasteiger partial charge in [0, 0.05) is 30.8 Å². The van der Waals surface area contributed by atoms with E-state index in [1.165, 1.54) is 11.1 Å². The van der Waals surface area contributed by atoms with Crippen molar-refractivity contribution in [1.29, 1.82) is 0 Å². The monoisotopic (exact) mass is 282 g/mol. The number of pyridine rings is 1. The number of aryl methyl sites for hydroxylation is 1. The molecule has 2 heterocycles. The van der Waals surface area contributed by atoms with Crippen molar-refractivity contribution in [2.24, 2.45) is 0 Å². The summed E-state index contributed by atoms with van der Waals surface area (Å²) in [5, 5.41) is 3.63. The van der Waals surface area contributed by atoms with Gasteiger partial charge in [0.1, 0.15) is 11.4 Å². The van der Waals surface area contributed by atoms with Gasteiger partial charge in [0.05, 0.1) is 5.69 Å². The van der Waals surface area contributed by atoms with Crippen molar-refractivity contribution in [2.75, 3.05) is 0 Å². The molecule has 110 valence electrons. The lowest BCUT2D eigenvalue weighted by Crippen LogP contribution is -2.39. The molecule has 1 aromatic carbocycles. The number of hydrogen-bond acceptors (Lipinski definition) is 3. The Kier molecular flexibility index (Phi) is 3.68. The summed E-state index contributed by atoms with van der Waals surface area (Å²) in [6.07, 6.45) is 2.79. The molecular weight excluding hydrogens is 260 g/mol. The summed E-state index contributed by atoms with van der Waals surface area (Å²) in [5.74, 6) is 0.996. The van der Waals surface area contributed by atoms with Crippen LogP contribution in [0.4, 0.5) is 0 Å². The van der Waals surface area contributed by atoms with Gasteiger partial charge in [-0.3, -0.25) is 4.98 Å². The fourth-order valence-electron chi connectivity index (χ4n) is 2.89. The molecule has 2 aromatic rings. The van der Waals surface area contributed by atoms with Crippen molar-refractivity contribution in [3.05, 3.63) is 59.4 Å². The number of aromatic nitrogens is 1. The maximum Gasteiger partial charge on any atom is 0.124 e. The lowest BCUT2D eigenvalue weighted by Gasteiger charge is -2.38. The molecule has 21 heavy (non-hydrogen) atoms.